The van der Waals surface area contributed by atoms with Crippen LogP contribution in [0.25, 0.3) is 0 Å². The van der Waals surface area contributed by atoms with E-state index in [1.54, 1.807) is 18.2 Å². The van der Waals surface area contributed by atoms with E-state index in [0.29, 0.717) is 28.7 Å². The molecule has 1 atom stereocenters. The number of morpholine rings is 1. The van der Waals surface area contributed by atoms with E-state index < -0.39 is 0 Å². The maximum Gasteiger partial charge on any atom is 0.224 e. The van der Waals surface area contributed by atoms with Gasteiger partial charge in [0.2, 0.25) is 11.8 Å². The molecule has 0 bridgehead atoms. The summed E-state index contributed by atoms with van der Waals surface area (Å²) in [7, 11) is 0. The molecule has 1 aliphatic rings. The first-order valence-electron chi connectivity index (χ1n) is 9.26. The molecule has 0 aromatic heterocycles. The summed E-state index contributed by atoms with van der Waals surface area (Å²) < 4.78 is 5.31. The van der Waals surface area contributed by atoms with Crippen molar-refractivity contribution in [3.05, 3.63) is 28.2 Å². The van der Waals surface area contributed by atoms with Crippen molar-refractivity contribution in [2.24, 2.45) is 5.92 Å². The van der Waals surface area contributed by atoms with Gasteiger partial charge in [-0.1, -0.05) is 36.2 Å². The second kappa shape index (κ2) is 11.5. The van der Waals surface area contributed by atoms with Crippen molar-refractivity contribution in [2.75, 3.05) is 44.7 Å². The highest BCUT2D eigenvalue weighted by Gasteiger charge is 2.15. The number of nitrogens with zero attached hydrogens (tertiary/aromatic N) is 1. The van der Waals surface area contributed by atoms with Crippen LogP contribution in [0.4, 0.5) is 5.69 Å². The number of anilines is 1. The molecule has 1 saturated heterocycles. The van der Waals surface area contributed by atoms with Gasteiger partial charge in [0.1, 0.15) is 0 Å². The van der Waals surface area contributed by atoms with Gasteiger partial charge in [-0.3, -0.25) is 14.5 Å². The van der Waals surface area contributed by atoms with Crippen molar-refractivity contribution in [1.82, 2.24) is 10.2 Å². The predicted octanol–water partition coefficient (Wildman–Crippen LogP) is 3.19. The normalized spacial score (nSPS) is 16.0. The lowest BCUT2D eigenvalue weighted by molar-refractivity contribution is -0.122. The lowest BCUT2D eigenvalue weighted by Crippen LogP contribution is -2.38. The molecular formula is C19H27Cl2N3O3. The van der Waals surface area contributed by atoms with E-state index in [2.05, 4.69) is 15.5 Å². The Morgan fingerprint density at radius 3 is 2.63 bits per heavy atom. The minimum absolute atomic E-state index is 0.0296. The van der Waals surface area contributed by atoms with Gasteiger partial charge in [-0.05, 0) is 31.0 Å². The lowest BCUT2D eigenvalue weighted by atomic mass is 10.0. The standard InChI is InChI=1S/C19H27Cl2N3O3/c1-14(13-18(26)23-16-5-2-4-15(20)19(16)21)12-17(25)22-6-3-7-24-8-10-27-11-9-24/h2,4-5,14H,3,6-13H2,1H3,(H,22,25)(H,23,26). The third kappa shape index (κ3) is 8.05. The average Bonchev–Trinajstić information content (AvgIpc) is 2.63. The topological polar surface area (TPSA) is 70.7 Å². The zero-order chi connectivity index (χ0) is 19.6. The molecule has 0 spiro atoms. The summed E-state index contributed by atoms with van der Waals surface area (Å²) >= 11 is 12.0. The number of carbonyl (C=O) groups is 2. The first-order chi connectivity index (χ1) is 13.0. The Balaban J connectivity index is 1.62. The van der Waals surface area contributed by atoms with Gasteiger partial charge in [0.15, 0.2) is 0 Å². The minimum Gasteiger partial charge on any atom is -0.379 e. The second-order valence-electron chi connectivity index (χ2n) is 6.82. The molecule has 2 amide bonds. The van der Waals surface area contributed by atoms with Crippen LogP contribution in [-0.2, 0) is 14.3 Å². The Bertz CT molecular complexity index is 637. The minimum atomic E-state index is -0.188. The van der Waals surface area contributed by atoms with E-state index in [4.69, 9.17) is 27.9 Å². The molecule has 27 heavy (non-hydrogen) atoms. The van der Waals surface area contributed by atoms with Crippen LogP contribution in [0.5, 0.6) is 0 Å². The smallest absolute Gasteiger partial charge is 0.224 e. The largest absolute Gasteiger partial charge is 0.379 e. The molecule has 150 valence electrons. The lowest BCUT2D eigenvalue weighted by Gasteiger charge is -2.26. The molecule has 1 aromatic rings. The molecule has 1 heterocycles. The molecule has 8 heteroatoms. The van der Waals surface area contributed by atoms with E-state index in [1.165, 1.54) is 0 Å². The highest BCUT2D eigenvalue weighted by molar-refractivity contribution is 6.43. The van der Waals surface area contributed by atoms with Crippen LogP contribution in [0, 0.1) is 5.92 Å². The summed E-state index contributed by atoms with van der Waals surface area (Å²) in [5, 5.41) is 6.37. The SMILES string of the molecule is CC(CC(=O)NCCCN1CCOCC1)CC(=O)Nc1cccc(Cl)c1Cl. The van der Waals surface area contributed by atoms with Crippen molar-refractivity contribution >= 4 is 40.7 Å². The number of amides is 2. The van der Waals surface area contributed by atoms with Gasteiger partial charge in [0.25, 0.3) is 0 Å². The molecule has 2 rings (SSSR count). The molecule has 0 radical (unpaired) electrons. The van der Waals surface area contributed by atoms with Gasteiger partial charge in [0.05, 0.1) is 28.9 Å². The van der Waals surface area contributed by atoms with Crippen LogP contribution >= 0.6 is 23.2 Å². The zero-order valence-corrected chi connectivity index (χ0v) is 17.1. The van der Waals surface area contributed by atoms with Crippen molar-refractivity contribution < 1.29 is 14.3 Å². The molecule has 0 saturated carbocycles. The molecule has 1 aliphatic heterocycles. The van der Waals surface area contributed by atoms with Crippen molar-refractivity contribution in [3.8, 4) is 0 Å². The third-order valence-electron chi connectivity index (χ3n) is 4.37. The molecule has 2 N–H and O–H groups in total. The Hall–Kier alpha value is -1.34. The van der Waals surface area contributed by atoms with Crippen LogP contribution in [0.2, 0.25) is 10.0 Å². The second-order valence-corrected chi connectivity index (χ2v) is 7.61. The van der Waals surface area contributed by atoms with Crippen LogP contribution in [0.15, 0.2) is 18.2 Å². The summed E-state index contributed by atoms with van der Waals surface area (Å²) in [6, 6.07) is 5.07. The summed E-state index contributed by atoms with van der Waals surface area (Å²) in [5.41, 5.74) is 0.480. The highest BCUT2D eigenvalue weighted by atomic mass is 35.5. The number of carbonyl (C=O) groups excluding carboxylic acids is 2. The summed E-state index contributed by atoms with van der Waals surface area (Å²) in [4.78, 5) is 26.5. The average molecular weight is 416 g/mol. The molecule has 0 aliphatic carbocycles. The van der Waals surface area contributed by atoms with E-state index >= 15 is 0 Å². The first-order valence-corrected chi connectivity index (χ1v) is 10.0. The van der Waals surface area contributed by atoms with Crippen molar-refractivity contribution in [3.63, 3.8) is 0 Å². The predicted molar refractivity (Wildman–Crippen MR) is 108 cm³/mol. The number of benzene rings is 1. The molecule has 1 fully saturated rings. The van der Waals surface area contributed by atoms with Crippen LogP contribution in [0.3, 0.4) is 0 Å². The first kappa shape index (κ1) is 22.0. The van der Waals surface area contributed by atoms with Gasteiger partial charge >= 0.3 is 0 Å². The van der Waals surface area contributed by atoms with Gasteiger partial charge in [0, 0.05) is 32.5 Å². The van der Waals surface area contributed by atoms with Crippen LogP contribution in [-0.4, -0.2) is 56.1 Å². The molecule has 1 unspecified atom stereocenters. The van der Waals surface area contributed by atoms with E-state index in [-0.39, 0.29) is 24.2 Å². The molecule has 6 nitrogen and oxygen atoms in total. The Morgan fingerprint density at radius 1 is 1.19 bits per heavy atom. The summed E-state index contributed by atoms with van der Waals surface area (Å²) in [5.74, 6) is -0.285. The van der Waals surface area contributed by atoms with Crippen molar-refractivity contribution in [2.45, 2.75) is 26.2 Å². The fourth-order valence-electron chi connectivity index (χ4n) is 2.93. The maximum atomic E-state index is 12.1. The highest BCUT2D eigenvalue weighted by Crippen LogP contribution is 2.29. The van der Waals surface area contributed by atoms with E-state index in [0.717, 1.165) is 39.3 Å². The fraction of sp³-hybridized carbons (Fsp3) is 0.579. The zero-order valence-electron chi connectivity index (χ0n) is 15.6. The number of ether oxygens (including phenoxy) is 1. The molecule has 1 aromatic carbocycles. The maximum absolute atomic E-state index is 12.1. The van der Waals surface area contributed by atoms with Crippen molar-refractivity contribution in [1.29, 1.82) is 0 Å². The Labute approximate surface area is 170 Å². The van der Waals surface area contributed by atoms with Crippen LogP contribution in [0.1, 0.15) is 26.2 Å². The Morgan fingerprint density at radius 2 is 1.89 bits per heavy atom. The number of hydrogen-bond donors (Lipinski definition) is 2. The quantitative estimate of drug-likeness (QED) is 0.607. The summed E-state index contributed by atoms with van der Waals surface area (Å²) in [6.07, 6.45) is 1.46. The van der Waals surface area contributed by atoms with E-state index in [1.807, 2.05) is 6.92 Å². The summed E-state index contributed by atoms with van der Waals surface area (Å²) in [6.45, 7) is 6.97. The number of hydrogen-bond acceptors (Lipinski definition) is 4. The third-order valence-corrected chi connectivity index (χ3v) is 5.19. The number of halogens is 2. The molecular weight excluding hydrogens is 389 g/mol. The van der Waals surface area contributed by atoms with E-state index in [9.17, 15) is 9.59 Å². The number of nitrogens with one attached hydrogen (secondary N) is 2. The monoisotopic (exact) mass is 415 g/mol. The number of rotatable bonds is 9. The van der Waals surface area contributed by atoms with Gasteiger partial charge in [-0.2, -0.15) is 0 Å². The Kier molecular flexibility index (Phi) is 9.34. The van der Waals surface area contributed by atoms with Crippen LogP contribution < -0.4 is 10.6 Å². The fourth-order valence-corrected chi connectivity index (χ4v) is 3.28. The van der Waals surface area contributed by atoms with Gasteiger partial charge in [-0.25, -0.2) is 0 Å². The van der Waals surface area contributed by atoms with Gasteiger partial charge in [-0.15, -0.1) is 0 Å². The van der Waals surface area contributed by atoms with Gasteiger partial charge < -0.3 is 15.4 Å².